The highest BCUT2D eigenvalue weighted by molar-refractivity contribution is 5.67. The van der Waals surface area contributed by atoms with E-state index in [1.165, 1.54) is 16.8 Å². The molecule has 1 aromatic carbocycles. The summed E-state index contributed by atoms with van der Waals surface area (Å²) in [5, 5.41) is 2.80. The van der Waals surface area contributed by atoms with E-state index in [1.807, 2.05) is 34.9 Å². The van der Waals surface area contributed by atoms with Gasteiger partial charge in [-0.3, -0.25) is 0 Å². The number of alkyl carbamates (subject to hydrolysis) is 1. The second-order valence-corrected chi connectivity index (χ2v) is 7.65. The molecular formula is C20H35N3O2. The highest BCUT2D eigenvalue weighted by atomic mass is 16.6. The summed E-state index contributed by atoms with van der Waals surface area (Å²) in [6, 6.07) is 6.57. The van der Waals surface area contributed by atoms with Crippen molar-refractivity contribution in [2.45, 2.75) is 65.0 Å². The summed E-state index contributed by atoms with van der Waals surface area (Å²) in [5.41, 5.74) is 9.16. The van der Waals surface area contributed by atoms with E-state index in [4.69, 9.17) is 10.5 Å². The average Bonchev–Trinajstić information content (AvgIpc) is 2.51. The zero-order valence-electron chi connectivity index (χ0n) is 16.5. The maximum absolute atomic E-state index is 11.5. The smallest absolute Gasteiger partial charge is 0.407 e. The van der Waals surface area contributed by atoms with Crippen LogP contribution in [0.3, 0.4) is 0 Å². The van der Waals surface area contributed by atoms with Gasteiger partial charge in [0.05, 0.1) is 0 Å². The Morgan fingerprint density at radius 1 is 1.16 bits per heavy atom. The molecule has 142 valence electrons. The summed E-state index contributed by atoms with van der Waals surface area (Å²) >= 11 is 0. The molecule has 5 nitrogen and oxygen atoms in total. The van der Waals surface area contributed by atoms with Crippen molar-refractivity contribution in [2.24, 2.45) is 5.73 Å². The molecule has 0 aliphatic heterocycles. The van der Waals surface area contributed by atoms with E-state index >= 15 is 0 Å². The molecule has 5 heteroatoms. The summed E-state index contributed by atoms with van der Waals surface area (Å²) in [6.07, 6.45) is 5.13. The van der Waals surface area contributed by atoms with Crippen LogP contribution in [0.4, 0.5) is 10.5 Å². The number of rotatable bonds is 9. The van der Waals surface area contributed by atoms with Crippen LogP contribution in [0.2, 0.25) is 0 Å². The molecule has 0 bridgehead atoms. The molecule has 1 amide bonds. The Kier molecular flexibility index (Phi) is 8.76. The lowest BCUT2D eigenvalue weighted by atomic mass is 10.0. The van der Waals surface area contributed by atoms with E-state index in [1.54, 1.807) is 0 Å². The fourth-order valence-electron chi connectivity index (χ4n) is 2.71. The summed E-state index contributed by atoms with van der Waals surface area (Å²) in [4.78, 5) is 13.6. The first-order valence-corrected chi connectivity index (χ1v) is 9.19. The lowest BCUT2D eigenvalue weighted by molar-refractivity contribution is 0.0527. The van der Waals surface area contributed by atoms with Crippen molar-refractivity contribution < 1.29 is 9.53 Å². The Balaban J connectivity index is 2.21. The van der Waals surface area contributed by atoms with Gasteiger partial charge >= 0.3 is 6.09 Å². The molecule has 0 heterocycles. The fourth-order valence-corrected chi connectivity index (χ4v) is 2.71. The SMILES string of the molecule is CN(C)c1ccc(CCCCCCNC(=O)OC(C)(C)C)cc1CN. The summed E-state index contributed by atoms with van der Waals surface area (Å²) in [5.74, 6) is 0. The first-order valence-electron chi connectivity index (χ1n) is 9.19. The summed E-state index contributed by atoms with van der Waals surface area (Å²) < 4.78 is 5.21. The van der Waals surface area contributed by atoms with E-state index < -0.39 is 5.60 Å². The lowest BCUT2D eigenvalue weighted by Crippen LogP contribution is -2.32. The van der Waals surface area contributed by atoms with Crippen molar-refractivity contribution in [1.82, 2.24) is 5.32 Å². The minimum Gasteiger partial charge on any atom is -0.444 e. The van der Waals surface area contributed by atoms with Crippen molar-refractivity contribution >= 4 is 11.8 Å². The molecule has 0 unspecified atom stereocenters. The second-order valence-electron chi connectivity index (χ2n) is 7.65. The van der Waals surface area contributed by atoms with Crippen LogP contribution in [0.5, 0.6) is 0 Å². The Bertz CT molecular complexity index is 536. The Morgan fingerprint density at radius 2 is 1.84 bits per heavy atom. The van der Waals surface area contributed by atoms with Gasteiger partial charge < -0.3 is 20.7 Å². The van der Waals surface area contributed by atoms with Crippen molar-refractivity contribution in [2.75, 3.05) is 25.5 Å². The molecule has 25 heavy (non-hydrogen) atoms. The molecule has 0 radical (unpaired) electrons. The number of nitrogens with two attached hydrogens (primary N) is 1. The molecule has 0 fully saturated rings. The van der Waals surface area contributed by atoms with Gasteiger partial charge in [0.1, 0.15) is 5.60 Å². The molecule has 0 spiro atoms. The normalized spacial score (nSPS) is 11.3. The highest BCUT2D eigenvalue weighted by Crippen LogP contribution is 2.21. The molecule has 0 aliphatic rings. The molecular weight excluding hydrogens is 314 g/mol. The number of hydrogen-bond donors (Lipinski definition) is 2. The van der Waals surface area contributed by atoms with Crippen LogP contribution in [0.25, 0.3) is 0 Å². The van der Waals surface area contributed by atoms with Crippen LogP contribution in [0.15, 0.2) is 18.2 Å². The fraction of sp³-hybridized carbons (Fsp3) is 0.650. The topological polar surface area (TPSA) is 67.6 Å². The van der Waals surface area contributed by atoms with Gasteiger partial charge in [0.2, 0.25) is 0 Å². The standard InChI is InChI=1S/C20H35N3O2/c1-20(2,3)25-19(24)22-13-9-7-6-8-10-16-11-12-18(23(4)5)17(14-16)15-21/h11-12,14H,6-10,13,15,21H2,1-5H3,(H,22,24). The van der Waals surface area contributed by atoms with Crippen molar-refractivity contribution in [3.05, 3.63) is 29.3 Å². The molecule has 0 atom stereocenters. The van der Waals surface area contributed by atoms with Crippen LogP contribution < -0.4 is 16.0 Å². The van der Waals surface area contributed by atoms with Gasteiger partial charge in [-0.1, -0.05) is 25.0 Å². The van der Waals surface area contributed by atoms with Crippen LogP contribution in [0, 0.1) is 0 Å². The van der Waals surface area contributed by atoms with Crippen LogP contribution in [-0.2, 0) is 17.7 Å². The maximum Gasteiger partial charge on any atom is 0.407 e. The van der Waals surface area contributed by atoms with Gasteiger partial charge in [0, 0.05) is 32.9 Å². The van der Waals surface area contributed by atoms with Gasteiger partial charge in [0.25, 0.3) is 0 Å². The van der Waals surface area contributed by atoms with Gasteiger partial charge in [-0.2, -0.15) is 0 Å². The number of unbranched alkanes of at least 4 members (excludes halogenated alkanes) is 3. The van der Waals surface area contributed by atoms with E-state index in [-0.39, 0.29) is 6.09 Å². The predicted molar refractivity (Wildman–Crippen MR) is 105 cm³/mol. The number of carbonyl (C=O) groups excluding carboxylic acids is 1. The summed E-state index contributed by atoms with van der Waals surface area (Å²) in [7, 11) is 4.08. The van der Waals surface area contributed by atoms with E-state index in [0.29, 0.717) is 13.1 Å². The number of amides is 1. The number of nitrogens with one attached hydrogen (secondary N) is 1. The first kappa shape index (κ1) is 21.3. The molecule has 0 saturated carbocycles. The van der Waals surface area contributed by atoms with Crippen molar-refractivity contribution in [3.63, 3.8) is 0 Å². The second kappa shape index (κ2) is 10.3. The number of hydrogen-bond acceptors (Lipinski definition) is 4. The van der Waals surface area contributed by atoms with E-state index in [0.717, 1.165) is 32.1 Å². The van der Waals surface area contributed by atoms with Crippen molar-refractivity contribution in [3.8, 4) is 0 Å². The van der Waals surface area contributed by atoms with Gasteiger partial charge in [-0.05, 0) is 57.2 Å². The van der Waals surface area contributed by atoms with Crippen LogP contribution in [-0.4, -0.2) is 32.3 Å². The molecule has 0 saturated heterocycles. The summed E-state index contributed by atoms with van der Waals surface area (Å²) in [6.45, 7) is 6.84. The third-order valence-corrected chi connectivity index (χ3v) is 3.91. The molecule has 3 N–H and O–H groups in total. The third-order valence-electron chi connectivity index (χ3n) is 3.91. The number of carbonyl (C=O) groups is 1. The van der Waals surface area contributed by atoms with Crippen molar-refractivity contribution in [1.29, 1.82) is 0 Å². The number of ether oxygens (including phenoxy) is 1. The Morgan fingerprint density at radius 3 is 2.44 bits per heavy atom. The van der Waals surface area contributed by atoms with Crippen LogP contribution >= 0.6 is 0 Å². The predicted octanol–water partition coefficient (Wildman–Crippen LogP) is 3.84. The third kappa shape index (κ3) is 8.77. The zero-order valence-corrected chi connectivity index (χ0v) is 16.5. The lowest BCUT2D eigenvalue weighted by Gasteiger charge is -2.19. The molecule has 0 aromatic heterocycles. The van der Waals surface area contributed by atoms with Gasteiger partial charge in [0.15, 0.2) is 0 Å². The quantitative estimate of drug-likeness (QED) is 0.665. The largest absolute Gasteiger partial charge is 0.444 e. The van der Waals surface area contributed by atoms with E-state index in [9.17, 15) is 4.79 Å². The maximum atomic E-state index is 11.5. The Hall–Kier alpha value is -1.75. The minimum atomic E-state index is -0.436. The average molecular weight is 350 g/mol. The molecule has 1 aromatic rings. The zero-order chi connectivity index (χ0) is 18.9. The van der Waals surface area contributed by atoms with Gasteiger partial charge in [-0.25, -0.2) is 4.79 Å². The van der Waals surface area contributed by atoms with E-state index in [2.05, 4.69) is 28.4 Å². The number of benzene rings is 1. The van der Waals surface area contributed by atoms with Gasteiger partial charge in [-0.15, -0.1) is 0 Å². The minimum absolute atomic E-state index is 0.331. The highest BCUT2D eigenvalue weighted by Gasteiger charge is 2.15. The number of anilines is 1. The number of nitrogens with zero attached hydrogens (tertiary/aromatic N) is 1. The number of aryl methyl sites for hydroxylation is 1. The van der Waals surface area contributed by atoms with Crippen LogP contribution in [0.1, 0.15) is 57.6 Å². The molecule has 1 rings (SSSR count). The Labute approximate surface area is 152 Å². The molecule has 0 aliphatic carbocycles. The first-order chi connectivity index (χ1) is 11.7. The monoisotopic (exact) mass is 349 g/mol.